The molecule has 0 atom stereocenters. The van der Waals surface area contributed by atoms with Gasteiger partial charge in [-0.3, -0.25) is 19.6 Å². The number of carbonyl (C=O) groups excluding carboxylic acids is 1. The minimum absolute atomic E-state index is 0.115. The number of nitro benzene ring substituents is 1. The van der Waals surface area contributed by atoms with Crippen LogP contribution in [0.1, 0.15) is 15.9 Å². The van der Waals surface area contributed by atoms with E-state index in [1.807, 2.05) is 0 Å². The monoisotopic (exact) mass is 425 g/mol. The molecule has 0 saturated heterocycles. The maximum Gasteiger partial charge on any atom is 0.270 e. The van der Waals surface area contributed by atoms with Crippen molar-refractivity contribution in [3.05, 3.63) is 81.9 Å². The van der Waals surface area contributed by atoms with Crippen molar-refractivity contribution in [3.8, 4) is 11.5 Å². The van der Waals surface area contributed by atoms with Crippen molar-refractivity contribution in [2.75, 3.05) is 10.0 Å². The second-order valence-corrected chi connectivity index (χ2v) is 8.23. The first-order valence-corrected chi connectivity index (χ1v) is 10.2. The van der Waals surface area contributed by atoms with Crippen LogP contribution in [0.25, 0.3) is 0 Å². The number of sulfonamides is 1. The number of nitrogens with zero attached hydrogens (tertiary/aromatic N) is 1. The number of nitro groups is 1. The lowest BCUT2D eigenvalue weighted by atomic mass is 10.1. The molecule has 1 aliphatic rings. The minimum Gasteiger partial charge on any atom is -0.454 e. The van der Waals surface area contributed by atoms with Crippen molar-refractivity contribution in [1.29, 1.82) is 0 Å². The van der Waals surface area contributed by atoms with Gasteiger partial charge in [0.25, 0.3) is 21.6 Å². The van der Waals surface area contributed by atoms with Gasteiger partial charge in [-0.2, -0.15) is 0 Å². The molecule has 10 heteroatoms. The maximum atomic E-state index is 12.8. The molecule has 1 heterocycles. The summed E-state index contributed by atoms with van der Waals surface area (Å²) < 4.78 is 33.8. The van der Waals surface area contributed by atoms with Crippen LogP contribution in [-0.4, -0.2) is 19.2 Å². The number of aryl methyl sites for hydroxylation is 1. The van der Waals surface area contributed by atoms with Gasteiger partial charge in [-0.1, -0.05) is 18.2 Å². The SMILES string of the molecule is Cc1ccc([N+](=O)[O-])cc1S(=O)(=O)Nc1ccc2c(c1)C(=O)Nc1ccccc1O2. The van der Waals surface area contributed by atoms with E-state index < -0.39 is 20.9 Å². The molecule has 9 nitrogen and oxygen atoms in total. The molecule has 3 aromatic rings. The fourth-order valence-electron chi connectivity index (χ4n) is 3.03. The highest BCUT2D eigenvalue weighted by molar-refractivity contribution is 7.92. The molecule has 0 unspecified atom stereocenters. The number of benzene rings is 3. The first-order valence-electron chi connectivity index (χ1n) is 8.75. The largest absolute Gasteiger partial charge is 0.454 e. The first-order chi connectivity index (χ1) is 14.2. The molecule has 4 rings (SSSR count). The summed E-state index contributed by atoms with van der Waals surface area (Å²) in [5.74, 6) is 0.277. The summed E-state index contributed by atoms with van der Waals surface area (Å²) in [5, 5.41) is 13.7. The maximum absolute atomic E-state index is 12.8. The topological polar surface area (TPSA) is 128 Å². The fourth-order valence-corrected chi connectivity index (χ4v) is 4.34. The zero-order chi connectivity index (χ0) is 21.5. The molecule has 0 spiro atoms. The van der Waals surface area contributed by atoms with Crippen molar-refractivity contribution in [2.45, 2.75) is 11.8 Å². The van der Waals surface area contributed by atoms with E-state index in [2.05, 4.69) is 10.0 Å². The molecule has 3 aromatic carbocycles. The van der Waals surface area contributed by atoms with Gasteiger partial charge in [-0.25, -0.2) is 8.42 Å². The number of carbonyl (C=O) groups is 1. The summed E-state index contributed by atoms with van der Waals surface area (Å²) in [6.45, 7) is 1.54. The summed E-state index contributed by atoms with van der Waals surface area (Å²) in [4.78, 5) is 22.7. The van der Waals surface area contributed by atoms with Gasteiger partial charge < -0.3 is 10.1 Å². The predicted octanol–water partition coefficient (Wildman–Crippen LogP) is 4.06. The van der Waals surface area contributed by atoms with E-state index in [1.54, 1.807) is 24.3 Å². The van der Waals surface area contributed by atoms with Crippen LogP contribution in [0.15, 0.2) is 65.6 Å². The summed E-state index contributed by atoms with van der Waals surface area (Å²) in [7, 11) is -4.13. The van der Waals surface area contributed by atoms with Crippen LogP contribution in [0.5, 0.6) is 11.5 Å². The van der Waals surface area contributed by atoms with E-state index in [4.69, 9.17) is 4.74 Å². The number of anilines is 2. The lowest BCUT2D eigenvalue weighted by molar-refractivity contribution is -0.385. The lowest BCUT2D eigenvalue weighted by Crippen LogP contribution is -2.16. The first kappa shape index (κ1) is 19.4. The zero-order valence-electron chi connectivity index (χ0n) is 15.6. The molecule has 1 amide bonds. The smallest absolute Gasteiger partial charge is 0.270 e. The molecule has 0 radical (unpaired) electrons. The quantitative estimate of drug-likeness (QED) is 0.479. The second kappa shape index (κ2) is 7.16. The average Bonchev–Trinajstić information content (AvgIpc) is 2.83. The number of amides is 1. The lowest BCUT2D eigenvalue weighted by Gasteiger charge is -2.12. The Bertz CT molecular complexity index is 1300. The van der Waals surface area contributed by atoms with Crippen molar-refractivity contribution in [3.63, 3.8) is 0 Å². The number of hydrogen-bond donors (Lipinski definition) is 2. The molecule has 1 aliphatic heterocycles. The number of hydrogen-bond acceptors (Lipinski definition) is 6. The molecular weight excluding hydrogens is 410 g/mol. The van der Waals surface area contributed by atoms with Crippen molar-refractivity contribution < 1.29 is 22.9 Å². The van der Waals surface area contributed by atoms with Crippen LogP contribution in [-0.2, 0) is 10.0 Å². The second-order valence-electron chi connectivity index (χ2n) is 6.58. The Morgan fingerprint density at radius 1 is 1.03 bits per heavy atom. The number of ether oxygens (including phenoxy) is 1. The van der Waals surface area contributed by atoms with Crippen molar-refractivity contribution in [1.82, 2.24) is 0 Å². The average molecular weight is 425 g/mol. The Labute approximate surface area is 171 Å². The Morgan fingerprint density at radius 2 is 1.80 bits per heavy atom. The Morgan fingerprint density at radius 3 is 2.57 bits per heavy atom. The highest BCUT2D eigenvalue weighted by atomic mass is 32.2. The van der Waals surface area contributed by atoms with Crippen molar-refractivity contribution in [2.24, 2.45) is 0 Å². The van der Waals surface area contributed by atoms with Gasteiger partial charge in [0.2, 0.25) is 0 Å². The number of fused-ring (bicyclic) bond motifs is 2. The predicted molar refractivity (Wildman–Crippen MR) is 110 cm³/mol. The van der Waals surface area contributed by atoms with Crippen LogP contribution in [0, 0.1) is 17.0 Å². The zero-order valence-corrected chi connectivity index (χ0v) is 16.4. The number of nitrogens with one attached hydrogen (secondary N) is 2. The molecule has 0 saturated carbocycles. The molecule has 0 aromatic heterocycles. The summed E-state index contributed by atoms with van der Waals surface area (Å²) in [5.41, 5.74) is 0.757. The third-order valence-corrected chi connectivity index (χ3v) is 6.03. The summed E-state index contributed by atoms with van der Waals surface area (Å²) in [6, 6.07) is 14.8. The molecule has 0 bridgehead atoms. The third-order valence-electron chi connectivity index (χ3n) is 4.50. The molecule has 2 N–H and O–H groups in total. The Kier molecular flexibility index (Phi) is 4.63. The highest BCUT2D eigenvalue weighted by Crippen LogP contribution is 2.36. The molecule has 0 aliphatic carbocycles. The summed E-state index contributed by atoms with van der Waals surface area (Å²) >= 11 is 0. The van der Waals surface area contributed by atoms with E-state index >= 15 is 0 Å². The number of non-ortho nitro benzene ring substituents is 1. The van der Waals surface area contributed by atoms with Gasteiger partial charge in [0.1, 0.15) is 5.75 Å². The van der Waals surface area contributed by atoms with E-state index in [0.717, 1.165) is 6.07 Å². The Balaban J connectivity index is 1.69. The van der Waals surface area contributed by atoms with E-state index in [-0.39, 0.29) is 27.6 Å². The van der Waals surface area contributed by atoms with E-state index in [9.17, 15) is 23.3 Å². The summed E-state index contributed by atoms with van der Waals surface area (Å²) in [6.07, 6.45) is 0. The highest BCUT2D eigenvalue weighted by Gasteiger charge is 2.24. The van der Waals surface area contributed by atoms with Crippen LogP contribution < -0.4 is 14.8 Å². The molecule has 30 heavy (non-hydrogen) atoms. The van der Waals surface area contributed by atoms with Crippen LogP contribution in [0.4, 0.5) is 17.1 Å². The van der Waals surface area contributed by atoms with E-state index in [0.29, 0.717) is 17.0 Å². The molecule has 152 valence electrons. The van der Waals surface area contributed by atoms with Crippen LogP contribution in [0.3, 0.4) is 0 Å². The van der Waals surface area contributed by atoms with Gasteiger partial charge in [0, 0.05) is 17.8 Å². The molecule has 0 fully saturated rings. The molecular formula is C20H15N3O6S. The van der Waals surface area contributed by atoms with E-state index in [1.165, 1.54) is 37.3 Å². The van der Waals surface area contributed by atoms with Gasteiger partial charge in [-0.15, -0.1) is 0 Å². The fraction of sp³-hybridized carbons (Fsp3) is 0.0500. The van der Waals surface area contributed by atoms with Crippen molar-refractivity contribution >= 4 is 33.0 Å². The normalized spacial score (nSPS) is 12.6. The van der Waals surface area contributed by atoms with Crippen LogP contribution in [0.2, 0.25) is 0 Å². The van der Waals surface area contributed by atoms with Gasteiger partial charge >= 0.3 is 0 Å². The van der Waals surface area contributed by atoms with Gasteiger partial charge in [-0.05, 0) is 42.8 Å². The standard InChI is InChI=1S/C20H15N3O6S/c1-12-6-8-14(23(25)26)11-19(12)30(27,28)22-13-7-9-17-15(10-13)20(24)21-16-4-2-3-5-18(16)29-17/h2-11,22H,1H3,(H,21,24). The number of rotatable bonds is 4. The minimum atomic E-state index is -4.13. The Hall–Kier alpha value is -3.92. The van der Waals surface area contributed by atoms with Gasteiger partial charge in [0.05, 0.1) is 21.1 Å². The number of para-hydroxylation sites is 2. The van der Waals surface area contributed by atoms with Gasteiger partial charge in [0.15, 0.2) is 5.75 Å². The van der Waals surface area contributed by atoms with Crippen LogP contribution >= 0.6 is 0 Å². The third kappa shape index (κ3) is 3.55.